The van der Waals surface area contributed by atoms with Crippen LogP contribution in [-0.2, 0) is 4.79 Å². The number of carboxylic acid groups (broad SMARTS) is 1. The number of hydrogen-bond acceptors (Lipinski definition) is 2. The molecule has 4 heteroatoms. The Morgan fingerprint density at radius 2 is 1.85 bits per heavy atom. The molecule has 1 aliphatic rings. The second kappa shape index (κ2) is 5.52. The highest BCUT2D eigenvalue weighted by Gasteiger charge is 2.41. The molecule has 1 aliphatic carbocycles. The molecule has 0 saturated heterocycles. The molecule has 1 fully saturated rings. The molecular formula is C16H21FO3. The van der Waals surface area contributed by atoms with Crippen LogP contribution >= 0.6 is 0 Å². The summed E-state index contributed by atoms with van der Waals surface area (Å²) in [5.41, 5.74) is 1.58. The minimum absolute atomic E-state index is 0.268. The summed E-state index contributed by atoms with van der Waals surface area (Å²) in [7, 11) is 0. The molecule has 3 nitrogen and oxygen atoms in total. The number of rotatable bonds is 3. The molecular weight excluding hydrogens is 259 g/mol. The van der Waals surface area contributed by atoms with Crippen LogP contribution in [0.4, 0.5) is 4.39 Å². The first-order valence-electron chi connectivity index (χ1n) is 6.98. The van der Waals surface area contributed by atoms with Crippen molar-refractivity contribution in [1.82, 2.24) is 0 Å². The lowest BCUT2D eigenvalue weighted by molar-refractivity contribution is -0.144. The van der Waals surface area contributed by atoms with Crippen molar-refractivity contribution in [3.05, 3.63) is 34.6 Å². The van der Waals surface area contributed by atoms with Crippen LogP contribution < -0.4 is 0 Å². The van der Waals surface area contributed by atoms with E-state index in [-0.39, 0.29) is 11.7 Å². The summed E-state index contributed by atoms with van der Waals surface area (Å²) in [5.74, 6) is -1.65. The molecule has 20 heavy (non-hydrogen) atoms. The van der Waals surface area contributed by atoms with Crippen LogP contribution in [0.5, 0.6) is 0 Å². The Hall–Kier alpha value is -1.42. The van der Waals surface area contributed by atoms with E-state index in [2.05, 4.69) is 0 Å². The molecule has 0 amide bonds. The van der Waals surface area contributed by atoms with Crippen molar-refractivity contribution in [3.8, 4) is 0 Å². The van der Waals surface area contributed by atoms with Crippen molar-refractivity contribution in [2.24, 2.45) is 17.8 Å². The van der Waals surface area contributed by atoms with Gasteiger partial charge in [-0.05, 0) is 49.3 Å². The second-order valence-corrected chi connectivity index (χ2v) is 6.10. The average molecular weight is 280 g/mol. The summed E-state index contributed by atoms with van der Waals surface area (Å²) in [4.78, 5) is 11.3. The molecule has 110 valence electrons. The number of carboxylic acids is 1. The van der Waals surface area contributed by atoms with Gasteiger partial charge in [-0.2, -0.15) is 0 Å². The average Bonchev–Trinajstić information content (AvgIpc) is 2.76. The third-order valence-corrected chi connectivity index (χ3v) is 4.37. The van der Waals surface area contributed by atoms with Gasteiger partial charge in [0.25, 0.3) is 0 Å². The van der Waals surface area contributed by atoms with Gasteiger partial charge in [-0.3, -0.25) is 4.79 Å². The van der Waals surface area contributed by atoms with Crippen LogP contribution in [0, 0.1) is 37.4 Å². The molecule has 0 bridgehead atoms. The SMILES string of the molecule is Cc1cc(C(O)C2CC(C)CC2C(=O)O)cc(C)c1F. The van der Waals surface area contributed by atoms with Gasteiger partial charge in [0.15, 0.2) is 0 Å². The monoisotopic (exact) mass is 280 g/mol. The standard InChI is InChI=1S/C16H21FO3/c1-8-4-12(13(5-8)16(19)20)15(18)11-6-9(2)14(17)10(3)7-11/h6-8,12-13,15,18H,4-5H2,1-3H3,(H,19,20). The third kappa shape index (κ3) is 2.70. The summed E-state index contributed by atoms with van der Waals surface area (Å²) in [6, 6.07) is 3.24. The van der Waals surface area contributed by atoms with Gasteiger partial charge in [0, 0.05) is 5.92 Å². The number of carbonyl (C=O) groups is 1. The number of aliphatic carboxylic acids is 1. The van der Waals surface area contributed by atoms with Crippen molar-refractivity contribution in [2.75, 3.05) is 0 Å². The molecule has 0 heterocycles. The van der Waals surface area contributed by atoms with Gasteiger partial charge in [-0.15, -0.1) is 0 Å². The van der Waals surface area contributed by atoms with Crippen LogP contribution in [0.1, 0.15) is 42.6 Å². The zero-order chi connectivity index (χ0) is 15.0. The van der Waals surface area contributed by atoms with Crippen molar-refractivity contribution < 1.29 is 19.4 Å². The third-order valence-electron chi connectivity index (χ3n) is 4.37. The predicted molar refractivity (Wildman–Crippen MR) is 73.8 cm³/mol. The fourth-order valence-corrected chi connectivity index (χ4v) is 3.36. The molecule has 4 unspecified atom stereocenters. The zero-order valence-corrected chi connectivity index (χ0v) is 12.1. The van der Waals surface area contributed by atoms with Crippen molar-refractivity contribution in [1.29, 1.82) is 0 Å². The maximum absolute atomic E-state index is 13.6. The van der Waals surface area contributed by atoms with Crippen LogP contribution in [0.25, 0.3) is 0 Å². The van der Waals surface area contributed by atoms with Crippen LogP contribution in [0.15, 0.2) is 12.1 Å². The zero-order valence-electron chi connectivity index (χ0n) is 12.1. The Kier molecular flexibility index (Phi) is 4.14. The van der Waals surface area contributed by atoms with Crippen molar-refractivity contribution in [3.63, 3.8) is 0 Å². The number of benzene rings is 1. The summed E-state index contributed by atoms with van der Waals surface area (Å²) >= 11 is 0. The number of aliphatic hydroxyl groups excluding tert-OH is 1. The van der Waals surface area contributed by atoms with Gasteiger partial charge in [0.05, 0.1) is 12.0 Å². The van der Waals surface area contributed by atoms with E-state index in [0.29, 0.717) is 35.4 Å². The van der Waals surface area contributed by atoms with Gasteiger partial charge >= 0.3 is 5.97 Å². The van der Waals surface area contributed by atoms with E-state index >= 15 is 0 Å². The van der Waals surface area contributed by atoms with Crippen molar-refractivity contribution in [2.45, 2.75) is 39.7 Å². The molecule has 2 rings (SSSR count). The first kappa shape index (κ1) is 15.0. The highest BCUT2D eigenvalue weighted by atomic mass is 19.1. The Labute approximate surface area is 118 Å². The molecule has 0 spiro atoms. The number of halogens is 1. The van der Waals surface area contributed by atoms with Crippen LogP contribution in [0.2, 0.25) is 0 Å². The lowest BCUT2D eigenvalue weighted by Gasteiger charge is -2.23. The van der Waals surface area contributed by atoms with E-state index in [0.717, 1.165) is 0 Å². The van der Waals surface area contributed by atoms with Gasteiger partial charge in [-0.1, -0.05) is 19.1 Å². The van der Waals surface area contributed by atoms with E-state index < -0.39 is 18.0 Å². The number of aliphatic hydroxyl groups is 1. The number of aryl methyl sites for hydroxylation is 2. The second-order valence-electron chi connectivity index (χ2n) is 6.10. The lowest BCUT2D eigenvalue weighted by Crippen LogP contribution is -2.24. The Morgan fingerprint density at radius 3 is 2.35 bits per heavy atom. The van der Waals surface area contributed by atoms with Crippen molar-refractivity contribution >= 4 is 5.97 Å². The molecule has 0 radical (unpaired) electrons. The van der Waals surface area contributed by atoms with Gasteiger partial charge in [0.1, 0.15) is 5.82 Å². The minimum Gasteiger partial charge on any atom is -0.481 e. The summed E-state index contributed by atoms with van der Waals surface area (Å²) in [5, 5.41) is 19.8. The fraction of sp³-hybridized carbons (Fsp3) is 0.562. The smallest absolute Gasteiger partial charge is 0.306 e. The predicted octanol–water partition coefficient (Wildman–Crippen LogP) is 3.22. The molecule has 1 aromatic rings. The van der Waals surface area contributed by atoms with Gasteiger partial charge in [0.2, 0.25) is 0 Å². The van der Waals surface area contributed by atoms with E-state index in [9.17, 15) is 19.4 Å². The normalized spacial score (nSPS) is 27.6. The summed E-state index contributed by atoms with van der Waals surface area (Å²) in [6.07, 6.45) is 0.433. The van der Waals surface area contributed by atoms with Gasteiger partial charge < -0.3 is 10.2 Å². The molecule has 0 aromatic heterocycles. The topological polar surface area (TPSA) is 57.5 Å². The molecule has 4 atom stereocenters. The maximum Gasteiger partial charge on any atom is 0.306 e. The highest BCUT2D eigenvalue weighted by Crippen LogP contribution is 2.43. The first-order chi connectivity index (χ1) is 9.31. The van der Waals surface area contributed by atoms with E-state index in [1.54, 1.807) is 26.0 Å². The summed E-state index contributed by atoms with van der Waals surface area (Å²) < 4.78 is 13.6. The van der Waals surface area contributed by atoms with Gasteiger partial charge in [-0.25, -0.2) is 4.39 Å². The first-order valence-corrected chi connectivity index (χ1v) is 6.98. The highest BCUT2D eigenvalue weighted by molar-refractivity contribution is 5.71. The molecule has 0 aliphatic heterocycles. The Morgan fingerprint density at radius 1 is 1.30 bits per heavy atom. The quantitative estimate of drug-likeness (QED) is 0.893. The van der Waals surface area contributed by atoms with Crippen LogP contribution in [0.3, 0.4) is 0 Å². The number of hydrogen-bond donors (Lipinski definition) is 2. The van der Waals surface area contributed by atoms with E-state index in [1.807, 2.05) is 6.92 Å². The lowest BCUT2D eigenvalue weighted by atomic mass is 9.86. The molecule has 1 aromatic carbocycles. The largest absolute Gasteiger partial charge is 0.481 e. The van der Waals surface area contributed by atoms with E-state index in [4.69, 9.17) is 0 Å². The summed E-state index contributed by atoms with van der Waals surface area (Å²) in [6.45, 7) is 5.32. The Bertz CT molecular complexity index is 503. The van der Waals surface area contributed by atoms with Crippen LogP contribution in [-0.4, -0.2) is 16.2 Å². The minimum atomic E-state index is -0.853. The molecule has 1 saturated carbocycles. The van der Waals surface area contributed by atoms with E-state index in [1.165, 1.54) is 0 Å². The Balaban J connectivity index is 2.31. The maximum atomic E-state index is 13.6. The molecule has 2 N–H and O–H groups in total. The fourth-order valence-electron chi connectivity index (χ4n) is 3.36.